The van der Waals surface area contributed by atoms with Gasteiger partial charge in [-0.2, -0.15) is 5.26 Å². The summed E-state index contributed by atoms with van der Waals surface area (Å²) in [6.45, 7) is 5.87. The summed E-state index contributed by atoms with van der Waals surface area (Å²) in [5, 5.41) is 12.3. The first-order valence-electron chi connectivity index (χ1n) is 8.16. The van der Waals surface area contributed by atoms with Crippen molar-refractivity contribution >= 4 is 43.8 Å². The summed E-state index contributed by atoms with van der Waals surface area (Å²) in [7, 11) is 0. The lowest BCUT2D eigenvalue weighted by Crippen LogP contribution is -2.27. The van der Waals surface area contributed by atoms with Gasteiger partial charge in [0.1, 0.15) is 24.0 Å². The lowest BCUT2D eigenvalue weighted by Gasteiger charge is -2.14. The van der Waals surface area contributed by atoms with Crippen LogP contribution < -0.4 is 10.1 Å². The van der Waals surface area contributed by atoms with Crippen molar-refractivity contribution in [1.82, 2.24) is 5.32 Å². The summed E-state index contributed by atoms with van der Waals surface area (Å²) >= 11 is 6.89. The summed E-state index contributed by atoms with van der Waals surface area (Å²) in [4.78, 5) is 12.5. The second kappa shape index (κ2) is 10.1. The highest BCUT2D eigenvalue weighted by Crippen LogP contribution is 2.35. The molecular weight excluding hydrogens is 472 g/mol. The van der Waals surface area contributed by atoms with Crippen LogP contribution in [0.3, 0.4) is 0 Å². The van der Waals surface area contributed by atoms with Gasteiger partial charge in [0.25, 0.3) is 5.91 Å². The number of ether oxygens (including phenoxy) is 1. The van der Waals surface area contributed by atoms with Gasteiger partial charge in [-0.3, -0.25) is 4.79 Å². The lowest BCUT2D eigenvalue weighted by atomic mass is 10.1. The predicted molar refractivity (Wildman–Crippen MR) is 114 cm³/mol. The summed E-state index contributed by atoms with van der Waals surface area (Å²) in [5.41, 5.74) is 1.69. The van der Waals surface area contributed by atoms with Gasteiger partial charge >= 0.3 is 0 Å². The number of nitrogens with one attached hydrogen (secondary N) is 1. The van der Waals surface area contributed by atoms with Crippen LogP contribution in [0.4, 0.5) is 0 Å². The van der Waals surface area contributed by atoms with Gasteiger partial charge in [0.15, 0.2) is 0 Å². The first-order valence-corrected chi connectivity index (χ1v) is 9.75. The van der Waals surface area contributed by atoms with Gasteiger partial charge in [0.05, 0.1) is 15.0 Å². The molecule has 1 atom stereocenters. The van der Waals surface area contributed by atoms with E-state index in [1.807, 2.05) is 43.3 Å². The summed E-state index contributed by atoms with van der Waals surface area (Å²) in [5.74, 6) is 0.209. The Kier molecular flexibility index (Phi) is 7.83. The molecule has 27 heavy (non-hydrogen) atoms. The van der Waals surface area contributed by atoms with E-state index in [2.05, 4.69) is 43.8 Å². The largest absolute Gasteiger partial charge is 0.487 e. The molecule has 0 heterocycles. The van der Waals surface area contributed by atoms with E-state index in [4.69, 9.17) is 4.74 Å². The zero-order chi connectivity index (χ0) is 19.8. The highest BCUT2D eigenvalue weighted by atomic mass is 79.9. The monoisotopic (exact) mass is 488 g/mol. The Morgan fingerprint density at radius 3 is 2.48 bits per heavy atom. The Labute approximate surface area is 175 Å². The maximum atomic E-state index is 12.5. The Morgan fingerprint density at radius 1 is 1.30 bits per heavy atom. The molecule has 0 aliphatic carbocycles. The van der Waals surface area contributed by atoms with E-state index in [0.717, 1.165) is 5.56 Å². The molecule has 0 bridgehead atoms. The molecule has 0 aliphatic rings. The molecule has 0 saturated carbocycles. The van der Waals surface area contributed by atoms with Gasteiger partial charge in [0.2, 0.25) is 0 Å². The molecule has 138 valence electrons. The number of carbonyl (C=O) groups is 1. The molecule has 4 nitrogen and oxygen atoms in total. The third-order valence-electron chi connectivity index (χ3n) is 3.69. The quantitative estimate of drug-likeness (QED) is 0.314. The zero-order valence-electron chi connectivity index (χ0n) is 14.7. The summed E-state index contributed by atoms with van der Waals surface area (Å²) < 4.78 is 6.99. The first-order chi connectivity index (χ1) is 13.0. The molecule has 0 spiro atoms. The summed E-state index contributed by atoms with van der Waals surface area (Å²) in [6.07, 6.45) is 3.19. The third kappa shape index (κ3) is 5.81. The predicted octanol–water partition coefficient (Wildman–Crippen LogP) is 5.56. The van der Waals surface area contributed by atoms with E-state index in [1.165, 1.54) is 0 Å². The second-order valence-corrected chi connectivity index (χ2v) is 7.40. The molecule has 0 aliphatic heterocycles. The van der Waals surface area contributed by atoms with Crippen LogP contribution in [0.15, 0.2) is 69.6 Å². The normalized spacial score (nSPS) is 12.0. The molecular formula is C21H18Br2N2O2. The van der Waals surface area contributed by atoms with Crippen molar-refractivity contribution in [3.63, 3.8) is 0 Å². The van der Waals surface area contributed by atoms with Crippen LogP contribution in [-0.4, -0.2) is 12.5 Å². The standard InChI is InChI=1S/C21H18Br2N2O2/c1-3-9-27-20-18(22)11-15(12-19(20)23)10-17(13-24)21(26)25-14(2)16-7-5-4-6-8-16/h3-8,10-12,14H,1,9H2,2H3,(H,25,26). The lowest BCUT2D eigenvalue weighted by molar-refractivity contribution is -0.117. The Morgan fingerprint density at radius 2 is 1.93 bits per heavy atom. The number of carbonyl (C=O) groups excluding carboxylic acids is 1. The highest BCUT2D eigenvalue weighted by molar-refractivity contribution is 9.11. The van der Waals surface area contributed by atoms with Crippen LogP contribution in [0.2, 0.25) is 0 Å². The fourth-order valence-electron chi connectivity index (χ4n) is 2.36. The number of amides is 1. The average molecular weight is 490 g/mol. The molecule has 2 rings (SSSR count). The SMILES string of the molecule is C=CCOc1c(Br)cc(C=C(C#N)C(=O)NC(C)c2ccccc2)cc1Br. The van der Waals surface area contributed by atoms with Crippen LogP contribution in [0.5, 0.6) is 5.75 Å². The smallest absolute Gasteiger partial charge is 0.262 e. The number of rotatable bonds is 7. The molecule has 0 radical (unpaired) electrons. The van der Waals surface area contributed by atoms with Crippen molar-refractivity contribution < 1.29 is 9.53 Å². The molecule has 2 aromatic rings. The van der Waals surface area contributed by atoms with Crippen molar-refractivity contribution in [1.29, 1.82) is 5.26 Å². The molecule has 1 N–H and O–H groups in total. The van der Waals surface area contributed by atoms with Crippen LogP contribution in [-0.2, 0) is 4.79 Å². The van der Waals surface area contributed by atoms with Crippen LogP contribution in [0.1, 0.15) is 24.1 Å². The Balaban J connectivity index is 2.21. The molecule has 0 saturated heterocycles. The average Bonchev–Trinajstić information content (AvgIpc) is 2.66. The van der Waals surface area contributed by atoms with Crippen LogP contribution in [0.25, 0.3) is 6.08 Å². The second-order valence-electron chi connectivity index (χ2n) is 5.69. The van der Waals surface area contributed by atoms with Gasteiger partial charge in [-0.25, -0.2) is 0 Å². The van der Waals surface area contributed by atoms with E-state index in [9.17, 15) is 10.1 Å². The number of hydrogen-bond acceptors (Lipinski definition) is 3. The molecule has 2 aromatic carbocycles. The minimum Gasteiger partial charge on any atom is -0.487 e. The van der Waals surface area contributed by atoms with E-state index in [-0.39, 0.29) is 11.6 Å². The fourth-order valence-corrected chi connectivity index (χ4v) is 3.81. The third-order valence-corrected chi connectivity index (χ3v) is 4.87. The van der Waals surface area contributed by atoms with Crippen molar-refractivity contribution in [2.75, 3.05) is 6.61 Å². The zero-order valence-corrected chi connectivity index (χ0v) is 17.9. The molecule has 1 amide bonds. The van der Waals surface area contributed by atoms with Gasteiger partial charge in [-0.15, -0.1) is 0 Å². The maximum Gasteiger partial charge on any atom is 0.262 e. The highest BCUT2D eigenvalue weighted by Gasteiger charge is 2.15. The number of benzene rings is 2. The molecule has 6 heteroatoms. The Bertz CT molecular complexity index is 879. The first kappa shape index (κ1) is 20.9. The fraction of sp³-hybridized carbons (Fsp3) is 0.143. The van der Waals surface area contributed by atoms with Crippen LogP contribution in [0, 0.1) is 11.3 Å². The molecule has 0 aromatic heterocycles. The Hall–Kier alpha value is -2.36. The van der Waals surface area contributed by atoms with Crippen molar-refractivity contribution in [2.24, 2.45) is 0 Å². The van der Waals surface area contributed by atoms with Crippen molar-refractivity contribution in [3.8, 4) is 11.8 Å². The van der Waals surface area contributed by atoms with Gasteiger partial charge < -0.3 is 10.1 Å². The summed E-state index contributed by atoms with van der Waals surface area (Å²) in [6, 6.07) is 14.9. The number of halogens is 2. The minimum absolute atomic E-state index is 0.0244. The van der Waals surface area contributed by atoms with Crippen molar-refractivity contribution in [2.45, 2.75) is 13.0 Å². The van der Waals surface area contributed by atoms with Crippen LogP contribution >= 0.6 is 31.9 Å². The number of nitrogens with zero attached hydrogens (tertiary/aromatic N) is 1. The van der Waals surface area contributed by atoms with Crippen molar-refractivity contribution in [3.05, 3.63) is 80.8 Å². The van der Waals surface area contributed by atoms with E-state index in [0.29, 0.717) is 26.9 Å². The maximum absolute atomic E-state index is 12.5. The number of hydrogen-bond donors (Lipinski definition) is 1. The molecule has 1 unspecified atom stereocenters. The molecule has 0 fully saturated rings. The van der Waals surface area contributed by atoms with E-state index >= 15 is 0 Å². The minimum atomic E-state index is -0.423. The van der Waals surface area contributed by atoms with Gasteiger partial charge in [-0.05, 0) is 68.1 Å². The van der Waals surface area contributed by atoms with E-state index < -0.39 is 5.91 Å². The van der Waals surface area contributed by atoms with Gasteiger partial charge in [-0.1, -0.05) is 43.0 Å². The number of nitriles is 1. The topological polar surface area (TPSA) is 62.1 Å². The van der Waals surface area contributed by atoms with E-state index in [1.54, 1.807) is 24.3 Å². The van der Waals surface area contributed by atoms with Gasteiger partial charge in [0, 0.05) is 0 Å².